The number of hydrazone groups is 1. The van der Waals surface area contributed by atoms with Gasteiger partial charge in [0.05, 0.1) is 13.3 Å². The Morgan fingerprint density at radius 3 is 2.48 bits per heavy atom. The Morgan fingerprint density at radius 2 is 1.84 bits per heavy atom. The van der Waals surface area contributed by atoms with Crippen molar-refractivity contribution in [3.05, 3.63) is 75.2 Å². The van der Waals surface area contributed by atoms with Gasteiger partial charge in [0.15, 0.2) is 11.5 Å². The molecule has 2 aromatic carbocycles. The topological polar surface area (TPSA) is 101 Å². The van der Waals surface area contributed by atoms with Crippen LogP contribution >= 0.6 is 0 Å². The molecule has 0 unspecified atom stereocenters. The number of aromatic nitrogens is 3. The minimum atomic E-state index is -0.316. The molecule has 1 heterocycles. The molecule has 8 nitrogen and oxygen atoms in total. The van der Waals surface area contributed by atoms with Crippen LogP contribution in [0.15, 0.2) is 52.4 Å². The van der Waals surface area contributed by atoms with Crippen LogP contribution in [0.2, 0.25) is 0 Å². The van der Waals surface area contributed by atoms with Gasteiger partial charge in [-0.3, -0.25) is 9.78 Å². The average Bonchev–Trinajstić information content (AvgIpc) is 2.75. The van der Waals surface area contributed by atoms with Gasteiger partial charge in [0.2, 0.25) is 5.95 Å². The Morgan fingerprint density at radius 1 is 1.10 bits per heavy atom. The van der Waals surface area contributed by atoms with E-state index in [0.717, 1.165) is 11.1 Å². The van der Waals surface area contributed by atoms with Gasteiger partial charge in [-0.2, -0.15) is 5.10 Å². The number of H-pyrrole nitrogens is 1. The van der Waals surface area contributed by atoms with Gasteiger partial charge in [0.1, 0.15) is 12.3 Å². The number of aromatic amines is 1. The highest BCUT2D eigenvalue weighted by Crippen LogP contribution is 2.29. The molecule has 0 atom stereocenters. The molecular formula is C23H27N5O3. The van der Waals surface area contributed by atoms with Crippen molar-refractivity contribution in [2.24, 2.45) is 5.10 Å². The van der Waals surface area contributed by atoms with Crippen molar-refractivity contribution in [3.8, 4) is 11.5 Å². The number of nitrogens with one attached hydrogen (secondary N) is 2. The van der Waals surface area contributed by atoms with Gasteiger partial charge < -0.3 is 9.47 Å². The zero-order valence-electron chi connectivity index (χ0n) is 18.4. The monoisotopic (exact) mass is 421 g/mol. The Labute approximate surface area is 181 Å². The quantitative estimate of drug-likeness (QED) is 0.444. The number of rotatable bonds is 7. The molecule has 0 bridgehead atoms. The van der Waals surface area contributed by atoms with Gasteiger partial charge in [0, 0.05) is 0 Å². The fourth-order valence-electron chi connectivity index (χ4n) is 2.76. The van der Waals surface area contributed by atoms with Crippen LogP contribution in [0.25, 0.3) is 0 Å². The van der Waals surface area contributed by atoms with Crippen LogP contribution in [0.1, 0.15) is 43.2 Å². The van der Waals surface area contributed by atoms with E-state index in [4.69, 9.17) is 9.47 Å². The summed E-state index contributed by atoms with van der Waals surface area (Å²) in [5.74, 6) is 1.40. The first-order chi connectivity index (χ1) is 14.8. The van der Waals surface area contributed by atoms with Crippen molar-refractivity contribution in [2.45, 2.75) is 39.7 Å². The van der Waals surface area contributed by atoms with Crippen LogP contribution in [-0.2, 0) is 12.0 Å². The first kappa shape index (κ1) is 22.0. The van der Waals surface area contributed by atoms with Crippen LogP contribution in [0.5, 0.6) is 11.5 Å². The van der Waals surface area contributed by atoms with Crippen molar-refractivity contribution < 1.29 is 9.47 Å². The SMILES string of the molecule is COc1cc(/C=N\Nc2nnc(C)c(=O)[nH]2)ccc1OCc1ccc(C(C)(C)C)cc1. The maximum Gasteiger partial charge on any atom is 0.274 e. The molecule has 2 N–H and O–H groups in total. The van der Waals surface area contributed by atoms with E-state index in [-0.39, 0.29) is 16.9 Å². The lowest BCUT2D eigenvalue weighted by atomic mass is 9.87. The molecule has 0 aliphatic carbocycles. The summed E-state index contributed by atoms with van der Waals surface area (Å²) in [7, 11) is 1.59. The lowest BCUT2D eigenvalue weighted by molar-refractivity contribution is 0.284. The van der Waals surface area contributed by atoms with E-state index in [1.165, 1.54) is 5.56 Å². The molecule has 162 valence electrons. The highest BCUT2D eigenvalue weighted by atomic mass is 16.5. The third kappa shape index (κ3) is 5.91. The molecule has 0 aliphatic heterocycles. The summed E-state index contributed by atoms with van der Waals surface area (Å²) in [6.45, 7) is 8.59. The molecule has 0 spiro atoms. The van der Waals surface area contributed by atoms with Crippen molar-refractivity contribution >= 4 is 12.2 Å². The van der Waals surface area contributed by atoms with Crippen molar-refractivity contribution in [1.82, 2.24) is 15.2 Å². The number of aryl methyl sites for hydroxylation is 1. The van der Waals surface area contributed by atoms with Crippen LogP contribution in [0.4, 0.5) is 5.95 Å². The first-order valence-electron chi connectivity index (χ1n) is 9.89. The van der Waals surface area contributed by atoms with Gasteiger partial charge in [-0.1, -0.05) is 45.0 Å². The number of hydrogen-bond acceptors (Lipinski definition) is 7. The molecule has 0 saturated heterocycles. The molecule has 0 amide bonds. The van der Waals surface area contributed by atoms with Gasteiger partial charge in [-0.25, -0.2) is 5.43 Å². The summed E-state index contributed by atoms with van der Waals surface area (Å²) in [5.41, 5.74) is 5.89. The van der Waals surface area contributed by atoms with Gasteiger partial charge in [-0.05, 0) is 47.2 Å². The zero-order valence-corrected chi connectivity index (χ0v) is 18.4. The summed E-state index contributed by atoms with van der Waals surface area (Å²) in [5, 5.41) is 11.6. The number of benzene rings is 2. The van der Waals surface area contributed by atoms with Gasteiger partial charge in [-0.15, -0.1) is 10.2 Å². The second kappa shape index (κ2) is 9.42. The summed E-state index contributed by atoms with van der Waals surface area (Å²) in [6, 6.07) is 13.9. The average molecular weight is 422 g/mol. The number of nitrogens with zero attached hydrogens (tertiary/aromatic N) is 3. The standard InChI is InChI=1S/C23H27N5O3/c1-15-21(29)25-22(28-26-15)27-24-13-17-8-11-19(20(12-17)30-5)31-14-16-6-9-18(10-7-16)23(2,3)4/h6-13H,14H2,1-5H3,(H2,25,27,28,29)/b24-13-. The molecule has 3 aromatic rings. The molecular weight excluding hydrogens is 394 g/mol. The van der Waals surface area contributed by atoms with Crippen molar-refractivity contribution in [2.75, 3.05) is 12.5 Å². The summed E-state index contributed by atoms with van der Waals surface area (Å²) in [4.78, 5) is 14.1. The van der Waals surface area contributed by atoms with E-state index in [1.54, 1.807) is 20.2 Å². The molecule has 0 radical (unpaired) electrons. The van der Waals surface area contributed by atoms with E-state index in [0.29, 0.717) is 23.8 Å². The smallest absolute Gasteiger partial charge is 0.274 e. The largest absolute Gasteiger partial charge is 0.493 e. The minimum absolute atomic E-state index is 0.121. The second-order valence-corrected chi connectivity index (χ2v) is 8.10. The lowest BCUT2D eigenvalue weighted by Crippen LogP contribution is -2.15. The Balaban J connectivity index is 1.64. The van der Waals surface area contributed by atoms with E-state index in [9.17, 15) is 4.79 Å². The normalized spacial score (nSPS) is 11.5. The predicted octanol–water partition coefficient (Wildman–Crippen LogP) is 3.80. The maximum absolute atomic E-state index is 11.5. The molecule has 1 aromatic heterocycles. The van der Waals surface area contributed by atoms with Crippen molar-refractivity contribution in [1.29, 1.82) is 0 Å². The molecule has 0 saturated carbocycles. The molecule has 0 fully saturated rings. The predicted molar refractivity (Wildman–Crippen MR) is 121 cm³/mol. The van der Waals surface area contributed by atoms with Crippen LogP contribution in [0, 0.1) is 6.92 Å². The maximum atomic E-state index is 11.5. The zero-order chi connectivity index (χ0) is 22.4. The Bertz CT molecular complexity index is 1120. The number of ether oxygens (including phenoxy) is 2. The summed E-state index contributed by atoms with van der Waals surface area (Å²) < 4.78 is 11.4. The summed E-state index contributed by atoms with van der Waals surface area (Å²) >= 11 is 0. The second-order valence-electron chi connectivity index (χ2n) is 8.10. The number of anilines is 1. The molecule has 3 rings (SSSR count). The van der Waals surface area contributed by atoms with Crippen LogP contribution < -0.4 is 20.5 Å². The number of methoxy groups -OCH3 is 1. The minimum Gasteiger partial charge on any atom is -0.493 e. The fourth-order valence-corrected chi connectivity index (χ4v) is 2.76. The van der Waals surface area contributed by atoms with E-state index in [1.807, 2.05) is 18.2 Å². The third-order valence-electron chi connectivity index (χ3n) is 4.65. The molecule has 0 aliphatic rings. The first-order valence-corrected chi connectivity index (χ1v) is 9.89. The third-order valence-corrected chi connectivity index (χ3v) is 4.65. The lowest BCUT2D eigenvalue weighted by Gasteiger charge is -2.19. The molecule has 8 heteroatoms. The Hall–Kier alpha value is -3.68. The Kier molecular flexibility index (Phi) is 6.69. The van der Waals surface area contributed by atoms with Crippen LogP contribution in [0.3, 0.4) is 0 Å². The van der Waals surface area contributed by atoms with Crippen molar-refractivity contribution in [3.63, 3.8) is 0 Å². The number of hydrogen-bond donors (Lipinski definition) is 2. The van der Waals surface area contributed by atoms with E-state index in [2.05, 4.69) is 70.7 Å². The highest BCUT2D eigenvalue weighted by molar-refractivity contribution is 5.81. The highest BCUT2D eigenvalue weighted by Gasteiger charge is 2.13. The van der Waals surface area contributed by atoms with E-state index < -0.39 is 0 Å². The summed E-state index contributed by atoms with van der Waals surface area (Å²) in [6.07, 6.45) is 1.58. The van der Waals surface area contributed by atoms with Gasteiger partial charge in [0.25, 0.3) is 5.56 Å². The molecule has 31 heavy (non-hydrogen) atoms. The van der Waals surface area contributed by atoms with Crippen LogP contribution in [-0.4, -0.2) is 28.5 Å². The fraction of sp³-hybridized carbons (Fsp3) is 0.304. The van der Waals surface area contributed by atoms with E-state index >= 15 is 0 Å². The van der Waals surface area contributed by atoms with Gasteiger partial charge >= 0.3 is 0 Å².